The zero-order chi connectivity index (χ0) is 22.4. The molecule has 0 aliphatic carbocycles. The Bertz CT molecular complexity index is 1040. The fourth-order valence-corrected chi connectivity index (χ4v) is 3.39. The molecule has 0 aliphatic heterocycles. The number of carbonyl (C=O) groups is 1. The van der Waals surface area contributed by atoms with Gasteiger partial charge in [0, 0.05) is 6.07 Å². The molecule has 0 saturated carbocycles. The first kappa shape index (κ1) is 22.3. The van der Waals surface area contributed by atoms with E-state index >= 15 is 0 Å². The number of nitrogen functional groups attached to an aromatic ring is 1. The molecule has 0 unspecified atom stereocenters. The molecule has 3 aromatic rings. The molecule has 1 heterocycles. The van der Waals surface area contributed by atoms with Crippen molar-refractivity contribution in [2.24, 2.45) is 0 Å². The van der Waals surface area contributed by atoms with E-state index in [2.05, 4.69) is 5.32 Å². The van der Waals surface area contributed by atoms with Crippen LogP contribution in [0.5, 0.6) is 5.75 Å². The molecular weight excluding hydrogens is 393 g/mol. The van der Waals surface area contributed by atoms with E-state index in [4.69, 9.17) is 5.73 Å². The van der Waals surface area contributed by atoms with Crippen LogP contribution < -0.4 is 15.6 Å². The normalized spacial score (nSPS) is 11.7. The molecule has 1 atom stereocenters. The number of benzene rings is 2. The highest BCUT2D eigenvalue weighted by Gasteiger charge is 2.26. The van der Waals surface area contributed by atoms with E-state index in [0.717, 1.165) is 11.1 Å². The minimum Gasteiger partial charge on any atom is -0.507 e. The number of rotatable bonds is 8. The van der Waals surface area contributed by atoms with E-state index in [1.807, 2.05) is 53.2 Å². The second-order valence-electron chi connectivity index (χ2n) is 7.62. The molecule has 31 heavy (non-hydrogen) atoms. The monoisotopic (exact) mass is 420 g/mol. The summed E-state index contributed by atoms with van der Waals surface area (Å²) in [6.45, 7) is 2.38. The second kappa shape index (κ2) is 10.1. The van der Waals surface area contributed by atoms with Crippen LogP contribution in [0.15, 0.2) is 66.9 Å². The molecule has 1 amide bonds. The van der Waals surface area contributed by atoms with Gasteiger partial charge in [-0.2, -0.15) is 0 Å². The summed E-state index contributed by atoms with van der Waals surface area (Å²) in [5.74, 6) is -0.509. The van der Waals surface area contributed by atoms with E-state index in [1.54, 1.807) is 25.1 Å². The number of amides is 1. The third-order valence-electron chi connectivity index (χ3n) is 5.18. The fraction of sp³-hybridized carbons (Fsp3) is 0.217. The number of aryl methyl sites for hydroxylation is 1. The summed E-state index contributed by atoms with van der Waals surface area (Å²) < 4.78 is 1.93. The average Bonchev–Trinajstić information content (AvgIpc) is 2.73. The number of nitrogens with zero attached hydrogens (tertiary/aromatic N) is 1. The predicted octanol–water partition coefficient (Wildman–Crippen LogP) is 0.901. The Balaban J connectivity index is 1.60. The average molecular weight is 420 g/mol. The Hall–Kier alpha value is -3.36. The Morgan fingerprint density at radius 2 is 1.77 bits per heavy atom. The lowest BCUT2D eigenvalue weighted by Crippen LogP contribution is -2.48. The molecule has 8 heteroatoms. The first-order chi connectivity index (χ1) is 14.8. The van der Waals surface area contributed by atoms with Gasteiger partial charge < -0.3 is 20.5 Å². The van der Waals surface area contributed by atoms with Gasteiger partial charge in [-0.3, -0.25) is 10.5 Å². The Morgan fingerprint density at radius 1 is 1.06 bits per heavy atom. The molecule has 0 radical (unpaired) electrons. The van der Waals surface area contributed by atoms with Gasteiger partial charge in [0.15, 0.2) is 0 Å². The van der Waals surface area contributed by atoms with Crippen LogP contribution in [0.2, 0.25) is 0 Å². The van der Waals surface area contributed by atoms with Gasteiger partial charge in [-0.05, 0) is 41.7 Å². The number of phenols is 1. The lowest BCUT2D eigenvalue weighted by atomic mass is 9.75. The Morgan fingerprint density at radius 3 is 2.45 bits per heavy atom. The van der Waals surface area contributed by atoms with Crippen LogP contribution >= 0.6 is 0 Å². The largest absolute Gasteiger partial charge is 0.507 e. The van der Waals surface area contributed by atoms with Crippen molar-refractivity contribution in [2.45, 2.75) is 32.3 Å². The fourth-order valence-electron chi connectivity index (χ4n) is 3.39. The minimum atomic E-state index is -1.75. The molecule has 3 rings (SSSR count). The molecule has 0 aliphatic rings. The number of anilines is 1. The van der Waals surface area contributed by atoms with E-state index in [-0.39, 0.29) is 24.5 Å². The first-order valence-corrected chi connectivity index (χ1v) is 10.1. The summed E-state index contributed by atoms with van der Waals surface area (Å²) in [7, 11) is -1.75. The van der Waals surface area contributed by atoms with Crippen molar-refractivity contribution < 1.29 is 24.5 Å². The quantitative estimate of drug-likeness (QED) is 0.274. The third kappa shape index (κ3) is 6.07. The van der Waals surface area contributed by atoms with Crippen molar-refractivity contribution in [3.8, 4) is 5.75 Å². The van der Waals surface area contributed by atoms with Crippen molar-refractivity contribution >= 4 is 18.8 Å². The lowest BCUT2D eigenvalue weighted by Gasteiger charge is -2.19. The highest BCUT2D eigenvalue weighted by molar-refractivity contribution is 6.43. The highest BCUT2D eigenvalue weighted by atomic mass is 16.4. The summed E-state index contributed by atoms with van der Waals surface area (Å²) in [4.78, 5) is 12.5. The predicted molar refractivity (Wildman–Crippen MR) is 119 cm³/mol. The van der Waals surface area contributed by atoms with Gasteiger partial charge in [0.25, 0.3) is 5.82 Å². The first-order valence-electron chi connectivity index (χ1n) is 10.1. The molecule has 0 bridgehead atoms. The Kier molecular flexibility index (Phi) is 7.28. The number of aromatic hydroxyl groups is 1. The molecule has 7 nitrogen and oxygen atoms in total. The van der Waals surface area contributed by atoms with Crippen LogP contribution in [0.4, 0.5) is 5.82 Å². The summed E-state index contributed by atoms with van der Waals surface area (Å²) >= 11 is 0. The van der Waals surface area contributed by atoms with Gasteiger partial charge in [0.2, 0.25) is 5.91 Å². The van der Waals surface area contributed by atoms with E-state index in [9.17, 15) is 19.9 Å². The summed E-state index contributed by atoms with van der Waals surface area (Å²) in [6.07, 6.45) is 2.11. The zero-order valence-electron chi connectivity index (χ0n) is 17.4. The smallest absolute Gasteiger partial charge is 0.475 e. The van der Waals surface area contributed by atoms with Crippen molar-refractivity contribution in [1.29, 1.82) is 0 Å². The number of pyridine rings is 1. The van der Waals surface area contributed by atoms with Gasteiger partial charge in [0.05, 0.1) is 18.6 Å². The number of phenolic OH excluding ortho intramolecular Hbond substituents is 1. The molecule has 0 fully saturated rings. The number of carbonyl (C=O) groups excluding carboxylic acids is 1. The maximum Gasteiger partial charge on any atom is 0.475 e. The van der Waals surface area contributed by atoms with Gasteiger partial charge in [0.1, 0.15) is 12.3 Å². The van der Waals surface area contributed by atoms with Crippen molar-refractivity contribution in [2.75, 3.05) is 5.73 Å². The maximum absolute atomic E-state index is 12.5. The van der Waals surface area contributed by atoms with Crippen LogP contribution in [-0.4, -0.2) is 34.1 Å². The maximum atomic E-state index is 12.5. The standard InChI is InChI=1S/C23H26BN3O4/c1-16-5-4-6-19(23(16)29)14-20(24(30)31)26-22(28)13-17-8-10-18(11-9-17)15-27-12-3-2-7-21(27)25/h2-12,20,25,30-31H,13-15H2,1H3,(H2,26,28,29)/p+1/t20-/m0/s1. The summed E-state index contributed by atoms with van der Waals surface area (Å²) in [5.41, 5.74) is 9.04. The van der Waals surface area contributed by atoms with Crippen molar-refractivity contribution in [3.63, 3.8) is 0 Å². The third-order valence-corrected chi connectivity index (χ3v) is 5.18. The SMILES string of the molecule is Cc1cccc(C[C@H](NC(=O)Cc2ccc(C[n+]3ccccc3N)cc2)B(O)O)c1O. The molecule has 1 aromatic heterocycles. The minimum absolute atomic E-state index is 0.0925. The zero-order valence-corrected chi connectivity index (χ0v) is 17.4. The molecular formula is C23H27BN3O4+. The van der Waals surface area contributed by atoms with E-state index in [1.165, 1.54) is 0 Å². The van der Waals surface area contributed by atoms with Crippen LogP contribution in [0.3, 0.4) is 0 Å². The number of aromatic nitrogens is 1. The van der Waals surface area contributed by atoms with Gasteiger partial charge in [-0.25, -0.2) is 4.57 Å². The topological polar surface area (TPSA) is 120 Å². The van der Waals surface area contributed by atoms with Gasteiger partial charge in [-0.15, -0.1) is 0 Å². The van der Waals surface area contributed by atoms with Crippen LogP contribution in [0.25, 0.3) is 0 Å². The highest BCUT2D eigenvalue weighted by Crippen LogP contribution is 2.23. The summed E-state index contributed by atoms with van der Waals surface area (Å²) in [5, 5.41) is 32.2. The number of para-hydroxylation sites is 1. The van der Waals surface area contributed by atoms with Gasteiger partial charge in [-0.1, -0.05) is 48.5 Å². The number of nitrogens with two attached hydrogens (primary N) is 1. The van der Waals surface area contributed by atoms with Crippen LogP contribution in [0, 0.1) is 6.92 Å². The second-order valence-corrected chi connectivity index (χ2v) is 7.62. The van der Waals surface area contributed by atoms with Crippen molar-refractivity contribution in [3.05, 3.63) is 89.1 Å². The summed E-state index contributed by atoms with van der Waals surface area (Å²) in [6, 6.07) is 18.5. The molecule has 6 N–H and O–H groups in total. The van der Waals surface area contributed by atoms with Crippen LogP contribution in [0.1, 0.15) is 22.3 Å². The number of hydrogen-bond donors (Lipinski definition) is 5. The Labute approximate surface area is 181 Å². The van der Waals surface area contributed by atoms with E-state index < -0.39 is 13.1 Å². The van der Waals surface area contributed by atoms with Crippen LogP contribution in [-0.2, 0) is 24.2 Å². The molecule has 160 valence electrons. The lowest BCUT2D eigenvalue weighted by molar-refractivity contribution is -0.674. The molecule has 0 saturated heterocycles. The molecule has 0 spiro atoms. The number of hydrogen-bond acceptors (Lipinski definition) is 5. The van der Waals surface area contributed by atoms with Crippen molar-refractivity contribution in [1.82, 2.24) is 5.32 Å². The van der Waals surface area contributed by atoms with E-state index in [0.29, 0.717) is 23.5 Å². The number of nitrogens with one attached hydrogen (secondary N) is 1. The van der Waals surface area contributed by atoms with Gasteiger partial charge >= 0.3 is 7.12 Å². The molecule has 2 aromatic carbocycles.